The lowest BCUT2D eigenvalue weighted by molar-refractivity contribution is -0.132. The van der Waals surface area contributed by atoms with E-state index in [0.717, 1.165) is 11.3 Å². The van der Waals surface area contributed by atoms with Gasteiger partial charge in [-0.1, -0.05) is 17.4 Å². The number of aryl methyl sites for hydroxylation is 1. The van der Waals surface area contributed by atoms with E-state index in [4.69, 9.17) is 18.9 Å². The first-order chi connectivity index (χ1) is 18.7. The van der Waals surface area contributed by atoms with Gasteiger partial charge in [-0.25, -0.2) is 9.78 Å². The fourth-order valence-electron chi connectivity index (χ4n) is 4.25. The van der Waals surface area contributed by atoms with Crippen molar-refractivity contribution in [2.75, 3.05) is 32.3 Å². The Bertz CT molecular complexity index is 1440. The summed E-state index contributed by atoms with van der Waals surface area (Å²) in [5.41, 5.74) is 1.01. The first-order valence-electron chi connectivity index (χ1n) is 12.2. The third-order valence-electron chi connectivity index (χ3n) is 6.05. The Morgan fingerprint density at radius 1 is 1.03 bits per heavy atom. The molecular formula is C28H28N2O8S. The van der Waals surface area contributed by atoms with Gasteiger partial charge in [0.2, 0.25) is 0 Å². The van der Waals surface area contributed by atoms with Crippen molar-refractivity contribution in [3.63, 3.8) is 0 Å². The largest absolute Gasteiger partial charge is 0.507 e. The third kappa shape index (κ3) is 5.17. The van der Waals surface area contributed by atoms with Crippen LogP contribution in [0, 0.1) is 6.92 Å². The molecule has 39 heavy (non-hydrogen) atoms. The number of anilines is 1. The van der Waals surface area contributed by atoms with E-state index in [1.807, 2.05) is 13.8 Å². The Balaban J connectivity index is 1.95. The standard InChI is InChI=1S/C28H28N2O8S/c1-6-37-19-13-10-17(14-20(19)38-7-2)22-21(23(31)16-8-11-18(35-4)12-9-16)24(32)26(33)30(22)28-29-15(3)25(39-28)27(34)36-5/h8-14,22,31H,6-7H2,1-5H3/b23-21+. The molecule has 0 spiro atoms. The van der Waals surface area contributed by atoms with Crippen LogP contribution < -0.4 is 19.1 Å². The number of ether oxygens (including phenoxy) is 4. The molecule has 2 aromatic carbocycles. The van der Waals surface area contributed by atoms with Gasteiger partial charge in [-0.3, -0.25) is 14.5 Å². The Morgan fingerprint density at radius 3 is 2.31 bits per heavy atom. The maximum Gasteiger partial charge on any atom is 0.350 e. The van der Waals surface area contributed by atoms with Crippen molar-refractivity contribution in [2.24, 2.45) is 0 Å². The van der Waals surface area contributed by atoms with Crippen LogP contribution in [0.4, 0.5) is 5.13 Å². The van der Waals surface area contributed by atoms with Crippen molar-refractivity contribution in [3.05, 3.63) is 69.7 Å². The second-order valence-corrected chi connectivity index (χ2v) is 9.35. The quantitative estimate of drug-likeness (QED) is 0.174. The summed E-state index contributed by atoms with van der Waals surface area (Å²) in [4.78, 5) is 45.0. The number of aliphatic hydroxyl groups excluding tert-OH is 1. The van der Waals surface area contributed by atoms with Crippen LogP contribution in [0.3, 0.4) is 0 Å². The molecule has 1 amide bonds. The van der Waals surface area contributed by atoms with Crippen LogP contribution in [0.25, 0.3) is 5.76 Å². The van der Waals surface area contributed by atoms with Gasteiger partial charge in [-0.05, 0) is 62.7 Å². The minimum absolute atomic E-state index is 0.112. The number of hydrogen-bond donors (Lipinski definition) is 1. The zero-order chi connectivity index (χ0) is 28.3. The number of aliphatic hydroxyl groups is 1. The topological polar surface area (TPSA) is 124 Å². The summed E-state index contributed by atoms with van der Waals surface area (Å²) < 4.78 is 21.5. The van der Waals surface area contributed by atoms with E-state index in [9.17, 15) is 19.5 Å². The van der Waals surface area contributed by atoms with Gasteiger partial charge in [0.05, 0.1) is 44.7 Å². The monoisotopic (exact) mass is 552 g/mol. The van der Waals surface area contributed by atoms with Gasteiger partial charge in [0.25, 0.3) is 5.78 Å². The zero-order valence-electron chi connectivity index (χ0n) is 22.1. The Kier molecular flexibility index (Phi) is 8.20. The van der Waals surface area contributed by atoms with Gasteiger partial charge in [-0.2, -0.15) is 0 Å². The lowest BCUT2D eigenvalue weighted by Gasteiger charge is -2.24. The fraction of sp³-hybridized carbons (Fsp3) is 0.286. The molecule has 1 atom stereocenters. The summed E-state index contributed by atoms with van der Waals surface area (Å²) in [6.45, 7) is 6.04. The summed E-state index contributed by atoms with van der Waals surface area (Å²) in [6.07, 6.45) is 0. The highest BCUT2D eigenvalue weighted by atomic mass is 32.1. The van der Waals surface area contributed by atoms with Crippen molar-refractivity contribution < 1.29 is 38.4 Å². The van der Waals surface area contributed by atoms with Crippen LogP contribution >= 0.6 is 11.3 Å². The Hall–Kier alpha value is -4.38. The van der Waals surface area contributed by atoms with Crippen LogP contribution in [0.15, 0.2) is 48.0 Å². The number of rotatable bonds is 9. The first-order valence-corrected chi connectivity index (χ1v) is 13.0. The van der Waals surface area contributed by atoms with E-state index in [0.29, 0.717) is 47.3 Å². The highest BCUT2D eigenvalue weighted by Crippen LogP contribution is 2.45. The normalized spacial score (nSPS) is 16.3. The molecule has 1 aliphatic rings. The van der Waals surface area contributed by atoms with E-state index < -0.39 is 23.7 Å². The van der Waals surface area contributed by atoms with Crippen molar-refractivity contribution in [3.8, 4) is 17.2 Å². The molecule has 3 aromatic rings. The van der Waals surface area contributed by atoms with Crippen molar-refractivity contribution >= 4 is 39.9 Å². The number of amides is 1. The fourth-order valence-corrected chi connectivity index (χ4v) is 5.27. The second-order valence-electron chi connectivity index (χ2n) is 8.37. The van der Waals surface area contributed by atoms with E-state index in [2.05, 4.69) is 4.98 Å². The van der Waals surface area contributed by atoms with Crippen LogP contribution in [0.5, 0.6) is 17.2 Å². The van der Waals surface area contributed by atoms with Gasteiger partial charge in [0.15, 0.2) is 16.6 Å². The SMILES string of the molecule is CCOc1ccc(C2/C(=C(\O)c3ccc(OC)cc3)C(=O)C(=O)N2c2nc(C)c(C(=O)OC)s2)cc1OCC. The molecule has 0 bridgehead atoms. The van der Waals surface area contributed by atoms with Gasteiger partial charge in [0, 0.05) is 5.56 Å². The lowest BCUT2D eigenvalue weighted by Crippen LogP contribution is -2.29. The summed E-state index contributed by atoms with van der Waals surface area (Å²) >= 11 is 0.924. The number of carbonyl (C=O) groups is 3. The highest BCUT2D eigenvalue weighted by Gasteiger charge is 2.48. The minimum Gasteiger partial charge on any atom is -0.507 e. The average molecular weight is 553 g/mol. The molecule has 1 fully saturated rings. The molecule has 1 aromatic heterocycles. The number of nitrogens with zero attached hydrogens (tertiary/aromatic N) is 2. The Labute approximate surface area is 229 Å². The number of ketones is 1. The summed E-state index contributed by atoms with van der Waals surface area (Å²) in [7, 11) is 2.76. The lowest BCUT2D eigenvalue weighted by atomic mass is 9.95. The number of methoxy groups -OCH3 is 2. The molecule has 4 rings (SSSR count). The maximum atomic E-state index is 13.5. The van der Waals surface area contributed by atoms with Crippen LogP contribution in [-0.4, -0.2) is 55.2 Å². The van der Waals surface area contributed by atoms with Crippen molar-refractivity contribution in [1.29, 1.82) is 0 Å². The minimum atomic E-state index is -1.07. The number of thiazole rings is 1. The zero-order valence-corrected chi connectivity index (χ0v) is 23.0. The molecule has 2 heterocycles. The smallest absolute Gasteiger partial charge is 0.350 e. The molecule has 11 heteroatoms. The number of benzene rings is 2. The second kappa shape index (κ2) is 11.6. The maximum absolute atomic E-state index is 13.5. The number of hydrogen-bond acceptors (Lipinski definition) is 10. The summed E-state index contributed by atoms with van der Waals surface area (Å²) in [5, 5.41) is 11.5. The molecule has 10 nitrogen and oxygen atoms in total. The predicted octanol–water partition coefficient (Wildman–Crippen LogP) is 4.67. The molecule has 1 N–H and O–H groups in total. The van der Waals surface area contributed by atoms with Gasteiger partial charge >= 0.3 is 11.9 Å². The first kappa shape index (κ1) is 27.6. The van der Waals surface area contributed by atoms with Crippen LogP contribution in [0.2, 0.25) is 0 Å². The predicted molar refractivity (Wildman–Crippen MR) is 145 cm³/mol. The molecule has 204 valence electrons. The third-order valence-corrected chi connectivity index (χ3v) is 7.19. The van der Waals surface area contributed by atoms with Crippen molar-refractivity contribution in [2.45, 2.75) is 26.8 Å². The van der Waals surface area contributed by atoms with E-state index in [1.54, 1.807) is 49.4 Å². The molecular weight excluding hydrogens is 524 g/mol. The summed E-state index contributed by atoms with van der Waals surface area (Å²) in [6, 6.07) is 10.4. The van der Waals surface area contributed by atoms with Crippen LogP contribution in [0.1, 0.15) is 46.4 Å². The number of aromatic nitrogens is 1. The molecule has 0 saturated carbocycles. The Morgan fingerprint density at radius 2 is 1.69 bits per heavy atom. The molecule has 0 aliphatic carbocycles. The molecule has 1 aliphatic heterocycles. The average Bonchev–Trinajstić information content (AvgIpc) is 3.45. The highest BCUT2D eigenvalue weighted by molar-refractivity contribution is 7.17. The number of esters is 1. The van der Waals surface area contributed by atoms with Crippen LogP contribution in [-0.2, 0) is 14.3 Å². The summed E-state index contributed by atoms with van der Waals surface area (Å²) in [5.74, 6) is -1.30. The molecule has 1 saturated heterocycles. The number of carbonyl (C=O) groups excluding carboxylic acids is 3. The van der Waals surface area contributed by atoms with Crippen molar-refractivity contribution in [1.82, 2.24) is 4.98 Å². The van der Waals surface area contributed by atoms with E-state index in [1.165, 1.54) is 19.1 Å². The molecule has 1 unspecified atom stereocenters. The van der Waals surface area contributed by atoms with E-state index >= 15 is 0 Å². The van der Waals surface area contributed by atoms with E-state index in [-0.39, 0.29) is 21.3 Å². The van der Waals surface area contributed by atoms with Gasteiger partial charge < -0.3 is 24.1 Å². The van der Waals surface area contributed by atoms with Gasteiger partial charge in [-0.15, -0.1) is 0 Å². The number of Topliss-reactive ketones (excluding diaryl/α,β-unsaturated/α-hetero) is 1. The molecule has 0 radical (unpaired) electrons. The van der Waals surface area contributed by atoms with Gasteiger partial charge in [0.1, 0.15) is 16.4 Å².